The van der Waals surface area contributed by atoms with Gasteiger partial charge in [0.1, 0.15) is 0 Å². The van der Waals surface area contributed by atoms with Gasteiger partial charge in [-0.25, -0.2) is 0 Å². The molecule has 5 nitrogen and oxygen atoms in total. The molecule has 1 N–H and O–H groups in total. The summed E-state index contributed by atoms with van der Waals surface area (Å²) in [6, 6.07) is 2.06. The molecule has 2 fully saturated rings. The van der Waals surface area contributed by atoms with E-state index in [1.807, 2.05) is 22.8 Å². The predicted molar refractivity (Wildman–Crippen MR) is 84.6 cm³/mol. The summed E-state index contributed by atoms with van der Waals surface area (Å²) in [6.07, 6.45) is 4.53. The van der Waals surface area contributed by atoms with Gasteiger partial charge in [-0.2, -0.15) is 0 Å². The summed E-state index contributed by atoms with van der Waals surface area (Å²) < 4.78 is 0. The molecule has 2 amide bonds. The van der Waals surface area contributed by atoms with E-state index in [0.29, 0.717) is 13.1 Å². The molecular weight excluding hydrogens is 278 g/mol. The SMILES string of the molecule is Cc1[nH]ccc1C(=O)N1CCC2(CCCN(C(C)C)C2=O)C1. The number of hydrogen-bond acceptors (Lipinski definition) is 2. The van der Waals surface area contributed by atoms with Crippen LogP contribution in [0.3, 0.4) is 0 Å². The first-order valence-electron chi connectivity index (χ1n) is 8.19. The monoisotopic (exact) mass is 303 g/mol. The summed E-state index contributed by atoms with van der Waals surface area (Å²) in [7, 11) is 0. The van der Waals surface area contributed by atoms with Crippen molar-refractivity contribution in [2.45, 2.75) is 46.1 Å². The normalized spacial score (nSPS) is 25.5. The number of nitrogens with one attached hydrogen (secondary N) is 1. The van der Waals surface area contributed by atoms with E-state index in [2.05, 4.69) is 18.8 Å². The van der Waals surface area contributed by atoms with Gasteiger partial charge in [-0.1, -0.05) is 0 Å². The Morgan fingerprint density at radius 2 is 2.09 bits per heavy atom. The number of aromatic nitrogens is 1. The molecule has 0 bridgehead atoms. The van der Waals surface area contributed by atoms with Crippen LogP contribution in [0.2, 0.25) is 0 Å². The molecule has 120 valence electrons. The van der Waals surface area contributed by atoms with Crippen LogP contribution in [0.5, 0.6) is 0 Å². The average molecular weight is 303 g/mol. The van der Waals surface area contributed by atoms with Crippen LogP contribution >= 0.6 is 0 Å². The molecule has 1 aromatic heterocycles. The van der Waals surface area contributed by atoms with Crippen LogP contribution in [0, 0.1) is 12.3 Å². The standard InChI is InChI=1S/C17H25N3O2/c1-12(2)20-9-4-6-17(16(20)22)7-10-19(11-17)15(21)14-5-8-18-13(14)3/h5,8,12,18H,4,6-7,9-11H2,1-3H3. The number of aryl methyl sites for hydroxylation is 1. The predicted octanol–water partition coefficient (Wildman–Crippen LogP) is 2.19. The van der Waals surface area contributed by atoms with Crippen LogP contribution in [0.15, 0.2) is 12.3 Å². The third-order valence-corrected chi connectivity index (χ3v) is 5.22. The highest BCUT2D eigenvalue weighted by molar-refractivity contribution is 5.96. The van der Waals surface area contributed by atoms with Crippen LogP contribution in [-0.2, 0) is 4.79 Å². The zero-order valence-corrected chi connectivity index (χ0v) is 13.7. The van der Waals surface area contributed by atoms with E-state index >= 15 is 0 Å². The largest absolute Gasteiger partial charge is 0.365 e. The van der Waals surface area contributed by atoms with Crippen LogP contribution in [0.25, 0.3) is 0 Å². The first-order chi connectivity index (χ1) is 10.4. The van der Waals surface area contributed by atoms with Gasteiger partial charge < -0.3 is 14.8 Å². The quantitative estimate of drug-likeness (QED) is 0.910. The van der Waals surface area contributed by atoms with Crippen molar-refractivity contribution in [1.82, 2.24) is 14.8 Å². The zero-order chi connectivity index (χ0) is 15.9. The van der Waals surface area contributed by atoms with Crippen molar-refractivity contribution in [3.63, 3.8) is 0 Å². The number of carbonyl (C=O) groups is 2. The minimum Gasteiger partial charge on any atom is -0.365 e. The molecule has 1 unspecified atom stereocenters. The highest BCUT2D eigenvalue weighted by Crippen LogP contribution is 2.41. The van der Waals surface area contributed by atoms with Gasteiger partial charge in [0.05, 0.1) is 11.0 Å². The summed E-state index contributed by atoms with van der Waals surface area (Å²) in [6.45, 7) is 8.14. The highest BCUT2D eigenvalue weighted by atomic mass is 16.2. The van der Waals surface area contributed by atoms with Gasteiger partial charge in [0, 0.05) is 37.6 Å². The molecule has 2 saturated heterocycles. The Morgan fingerprint density at radius 1 is 1.32 bits per heavy atom. The van der Waals surface area contributed by atoms with Crippen molar-refractivity contribution in [2.24, 2.45) is 5.41 Å². The van der Waals surface area contributed by atoms with E-state index < -0.39 is 0 Å². The summed E-state index contributed by atoms with van der Waals surface area (Å²) in [5, 5.41) is 0. The fourth-order valence-corrected chi connectivity index (χ4v) is 3.87. The molecule has 3 rings (SSSR count). The second-order valence-corrected chi connectivity index (χ2v) is 6.97. The lowest BCUT2D eigenvalue weighted by atomic mass is 9.78. The Kier molecular flexibility index (Phi) is 3.75. The fraction of sp³-hybridized carbons (Fsp3) is 0.647. The van der Waals surface area contributed by atoms with E-state index in [9.17, 15) is 9.59 Å². The summed E-state index contributed by atoms with van der Waals surface area (Å²) >= 11 is 0. The van der Waals surface area contributed by atoms with Crippen LogP contribution in [0.1, 0.15) is 49.2 Å². The van der Waals surface area contributed by atoms with E-state index in [0.717, 1.165) is 37.1 Å². The number of carbonyl (C=O) groups excluding carboxylic acids is 2. The minimum atomic E-state index is -0.345. The smallest absolute Gasteiger partial charge is 0.255 e. The number of rotatable bonds is 2. The average Bonchev–Trinajstić information content (AvgIpc) is 3.09. The molecule has 2 aliphatic heterocycles. The van der Waals surface area contributed by atoms with Crippen molar-refractivity contribution >= 4 is 11.8 Å². The maximum Gasteiger partial charge on any atom is 0.255 e. The lowest BCUT2D eigenvalue weighted by Crippen LogP contribution is -2.52. The van der Waals surface area contributed by atoms with Gasteiger partial charge in [0.25, 0.3) is 5.91 Å². The van der Waals surface area contributed by atoms with Gasteiger partial charge in [0.15, 0.2) is 0 Å². The maximum absolute atomic E-state index is 12.9. The van der Waals surface area contributed by atoms with Gasteiger partial charge in [-0.05, 0) is 46.1 Å². The van der Waals surface area contributed by atoms with Crippen molar-refractivity contribution in [2.75, 3.05) is 19.6 Å². The Labute approximate surface area is 131 Å². The van der Waals surface area contributed by atoms with Crippen LogP contribution in [0.4, 0.5) is 0 Å². The van der Waals surface area contributed by atoms with E-state index in [1.54, 1.807) is 6.20 Å². The Hall–Kier alpha value is -1.78. The summed E-state index contributed by atoms with van der Waals surface area (Å²) in [5.41, 5.74) is 1.27. The molecule has 1 aromatic rings. The molecule has 22 heavy (non-hydrogen) atoms. The molecule has 0 radical (unpaired) electrons. The molecule has 5 heteroatoms. The summed E-state index contributed by atoms with van der Waals surface area (Å²) in [4.78, 5) is 32.4. The Morgan fingerprint density at radius 3 is 2.73 bits per heavy atom. The minimum absolute atomic E-state index is 0.0464. The van der Waals surface area contributed by atoms with Gasteiger partial charge >= 0.3 is 0 Å². The van der Waals surface area contributed by atoms with Gasteiger partial charge in [0.2, 0.25) is 5.91 Å². The third kappa shape index (κ3) is 2.32. The first kappa shape index (κ1) is 15.1. The van der Waals surface area contributed by atoms with Crippen LogP contribution < -0.4 is 0 Å². The molecule has 1 atom stereocenters. The lowest BCUT2D eigenvalue weighted by Gasteiger charge is -2.41. The van der Waals surface area contributed by atoms with Crippen molar-refractivity contribution in [3.8, 4) is 0 Å². The molecule has 2 aliphatic rings. The second-order valence-electron chi connectivity index (χ2n) is 6.97. The van der Waals surface area contributed by atoms with Crippen molar-refractivity contribution in [1.29, 1.82) is 0 Å². The molecule has 0 aromatic carbocycles. The van der Waals surface area contributed by atoms with E-state index in [1.165, 1.54) is 0 Å². The third-order valence-electron chi connectivity index (χ3n) is 5.22. The van der Waals surface area contributed by atoms with Gasteiger partial charge in [-0.3, -0.25) is 9.59 Å². The lowest BCUT2D eigenvalue weighted by molar-refractivity contribution is -0.147. The topological polar surface area (TPSA) is 56.4 Å². The summed E-state index contributed by atoms with van der Waals surface area (Å²) in [5.74, 6) is 0.292. The van der Waals surface area contributed by atoms with Crippen molar-refractivity contribution < 1.29 is 9.59 Å². The Bertz CT molecular complexity index is 592. The molecule has 0 aliphatic carbocycles. The number of aromatic amines is 1. The van der Waals surface area contributed by atoms with Gasteiger partial charge in [-0.15, -0.1) is 0 Å². The Balaban J connectivity index is 1.78. The van der Waals surface area contributed by atoms with E-state index in [-0.39, 0.29) is 23.3 Å². The number of amides is 2. The first-order valence-corrected chi connectivity index (χ1v) is 8.19. The second kappa shape index (κ2) is 5.45. The number of likely N-dealkylation sites (tertiary alicyclic amines) is 2. The molecule has 1 spiro atoms. The number of piperidine rings is 1. The zero-order valence-electron chi connectivity index (χ0n) is 13.7. The number of H-pyrrole nitrogens is 1. The highest BCUT2D eigenvalue weighted by Gasteiger charge is 2.49. The fourth-order valence-electron chi connectivity index (χ4n) is 3.87. The molecular formula is C17H25N3O2. The number of hydrogen-bond donors (Lipinski definition) is 1. The van der Waals surface area contributed by atoms with Crippen molar-refractivity contribution in [3.05, 3.63) is 23.5 Å². The maximum atomic E-state index is 12.9. The van der Waals surface area contributed by atoms with Crippen LogP contribution in [-0.4, -0.2) is 52.3 Å². The molecule has 0 saturated carbocycles. The van der Waals surface area contributed by atoms with E-state index in [4.69, 9.17) is 0 Å². The molecule has 3 heterocycles. The number of nitrogens with zero attached hydrogens (tertiary/aromatic N) is 2.